The fraction of sp³-hybridized carbons (Fsp3) is 0.400. The van der Waals surface area contributed by atoms with Gasteiger partial charge in [0.25, 0.3) is 0 Å². The van der Waals surface area contributed by atoms with E-state index in [9.17, 15) is 14.0 Å². The fourth-order valence-corrected chi connectivity index (χ4v) is 4.48. The van der Waals surface area contributed by atoms with Crippen LogP contribution in [0.25, 0.3) is 0 Å². The summed E-state index contributed by atoms with van der Waals surface area (Å²) in [6.07, 6.45) is 2.29. The fourth-order valence-electron chi connectivity index (χ4n) is 4.48. The number of nitrogens with zero attached hydrogens (tertiary/aromatic N) is 3. The first-order valence-electron chi connectivity index (χ1n) is 13.4. The second-order valence-corrected chi connectivity index (χ2v) is 9.91. The topological polar surface area (TPSA) is 78.3 Å². The molecule has 3 amide bonds. The average molecular weight is 537 g/mol. The van der Waals surface area contributed by atoms with E-state index >= 15 is 0 Å². The second kappa shape index (κ2) is 13.9. The van der Waals surface area contributed by atoms with Gasteiger partial charge in [-0.25, -0.2) is 9.18 Å². The van der Waals surface area contributed by atoms with Crippen molar-refractivity contribution in [1.82, 2.24) is 14.7 Å². The molecular formula is C30H37FN4O4. The predicted molar refractivity (Wildman–Crippen MR) is 148 cm³/mol. The number of aryl methyl sites for hydroxylation is 2. The van der Waals surface area contributed by atoms with Crippen LogP contribution in [0.4, 0.5) is 14.9 Å². The smallest absolute Gasteiger partial charge is 0.322 e. The Morgan fingerprint density at radius 1 is 0.974 bits per heavy atom. The summed E-state index contributed by atoms with van der Waals surface area (Å²) in [7, 11) is 0. The standard InChI is InChI=1S/C30H37FN4O4/c1-23-6-11-27(19-24(23)2)32-30(37)34(13-4-12-33-14-17-38-18-15-33)22-29(36)35(21-28-5-3-16-39-28)20-25-7-9-26(31)10-8-25/h3,5-11,16,19H,4,12-15,17-18,20-22H2,1-2H3,(H,32,37). The number of furan rings is 1. The van der Waals surface area contributed by atoms with Crippen molar-refractivity contribution in [3.8, 4) is 0 Å². The van der Waals surface area contributed by atoms with E-state index in [0.29, 0.717) is 31.2 Å². The molecule has 8 nitrogen and oxygen atoms in total. The van der Waals surface area contributed by atoms with E-state index in [1.165, 1.54) is 12.1 Å². The van der Waals surface area contributed by atoms with Gasteiger partial charge in [-0.05, 0) is 73.4 Å². The van der Waals surface area contributed by atoms with Crippen molar-refractivity contribution in [2.75, 3.05) is 51.3 Å². The van der Waals surface area contributed by atoms with Crippen molar-refractivity contribution in [3.63, 3.8) is 0 Å². The maximum absolute atomic E-state index is 13.6. The average Bonchev–Trinajstić information content (AvgIpc) is 3.45. The number of urea groups is 1. The molecule has 3 aromatic rings. The maximum Gasteiger partial charge on any atom is 0.322 e. The third-order valence-electron chi connectivity index (χ3n) is 6.94. The van der Waals surface area contributed by atoms with Crippen LogP contribution in [0.2, 0.25) is 0 Å². The van der Waals surface area contributed by atoms with Crippen molar-refractivity contribution in [3.05, 3.63) is 89.1 Å². The zero-order chi connectivity index (χ0) is 27.6. The van der Waals surface area contributed by atoms with E-state index < -0.39 is 0 Å². The number of halogens is 1. The number of nitrogens with one attached hydrogen (secondary N) is 1. The highest BCUT2D eigenvalue weighted by atomic mass is 19.1. The molecule has 0 radical (unpaired) electrons. The molecule has 0 aliphatic carbocycles. The molecule has 208 valence electrons. The van der Waals surface area contributed by atoms with Gasteiger partial charge in [0.1, 0.15) is 18.1 Å². The zero-order valence-electron chi connectivity index (χ0n) is 22.7. The van der Waals surface area contributed by atoms with Crippen LogP contribution in [0.1, 0.15) is 28.9 Å². The van der Waals surface area contributed by atoms with E-state index in [1.54, 1.807) is 40.3 Å². The molecule has 1 aliphatic rings. The minimum atomic E-state index is -0.336. The van der Waals surface area contributed by atoms with E-state index in [-0.39, 0.29) is 37.4 Å². The summed E-state index contributed by atoms with van der Waals surface area (Å²) in [6, 6.07) is 15.1. The number of hydrogen-bond donors (Lipinski definition) is 1. The minimum absolute atomic E-state index is 0.0955. The molecule has 0 unspecified atom stereocenters. The van der Waals surface area contributed by atoms with Crippen LogP contribution in [0.15, 0.2) is 65.3 Å². The van der Waals surface area contributed by atoms with Crippen LogP contribution in [-0.4, -0.2) is 72.6 Å². The summed E-state index contributed by atoms with van der Waals surface area (Å²) in [6.45, 7) is 8.81. The van der Waals surface area contributed by atoms with Crippen molar-refractivity contribution in [1.29, 1.82) is 0 Å². The number of carbonyl (C=O) groups is 2. The Labute approximate surface area is 229 Å². The van der Waals surface area contributed by atoms with Crippen LogP contribution in [0.5, 0.6) is 0 Å². The summed E-state index contributed by atoms with van der Waals surface area (Å²) in [5, 5.41) is 2.97. The lowest BCUT2D eigenvalue weighted by Crippen LogP contribution is -2.45. The van der Waals surface area contributed by atoms with Gasteiger partial charge in [0, 0.05) is 38.4 Å². The Morgan fingerprint density at radius 3 is 2.44 bits per heavy atom. The number of ether oxygens (including phenoxy) is 1. The molecule has 1 aromatic heterocycles. The molecule has 9 heteroatoms. The highest BCUT2D eigenvalue weighted by Crippen LogP contribution is 2.16. The van der Waals surface area contributed by atoms with E-state index in [4.69, 9.17) is 9.15 Å². The van der Waals surface area contributed by atoms with Gasteiger partial charge in [-0.2, -0.15) is 0 Å². The van der Waals surface area contributed by atoms with Gasteiger partial charge in [0.2, 0.25) is 5.91 Å². The molecule has 0 saturated carbocycles. The van der Waals surface area contributed by atoms with Gasteiger partial charge in [-0.1, -0.05) is 18.2 Å². The summed E-state index contributed by atoms with van der Waals surface area (Å²) in [5.74, 6) is 0.0679. The monoisotopic (exact) mass is 536 g/mol. The maximum atomic E-state index is 13.6. The third-order valence-corrected chi connectivity index (χ3v) is 6.94. The van der Waals surface area contributed by atoms with Crippen LogP contribution in [-0.2, 0) is 22.6 Å². The second-order valence-electron chi connectivity index (χ2n) is 9.91. The lowest BCUT2D eigenvalue weighted by molar-refractivity contribution is -0.133. The Kier molecular flexibility index (Phi) is 10.1. The zero-order valence-corrected chi connectivity index (χ0v) is 22.7. The minimum Gasteiger partial charge on any atom is -0.467 e. The van der Waals surface area contributed by atoms with Crippen LogP contribution < -0.4 is 5.32 Å². The summed E-state index contributed by atoms with van der Waals surface area (Å²) >= 11 is 0. The van der Waals surface area contributed by atoms with E-state index in [0.717, 1.165) is 42.7 Å². The molecule has 4 rings (SSSR count). The number of benzene rings is 2. The van der Waals surface area contributed by atoms with Gasteiger partial charge in [-0.3, -0.25) is 9.69 Å². The Morgan fingerprint density at radius 2 is 1.74 bits per heavy atom. The Hall–Kier alpha value is -3.69. The molecule has 0 atom stereocenters. The van der Waals surface area contributed by atoms with Crippen molar-refractivity contribution in [2.24, 2.45) is 0 Å². The summed E-state index contributed by atoms with van der Waals surface area (Å²) in [4.78, 5) is 32.5. The van der Waals surface area contributed by atoms with Gasteiger partial charge >= 0.3 is 6.03 Å². The largest absolute Gasteiger partial charge is 0.467 e. The van der Waals surface area contributed by atoms with Crippen molar-refractivity contribution < 1.29 is 23.1 Å². The van der Waals surface area contributed by atoms with E-state index in [1.807, 2.05) is 32.0 Å². The quantitative estimate of drug-likeness (QED) is 0.380. The van der Waals surface area contributed by atoms with Crippen molar-refractivity contribution in [2.45, 2.75) is 33.4 Å². The first-order chi connectivity index (χ1) is 18.9. The lowest BCUT2D eigenvalue weighted by Gasteiger charge is -2.30. The normalized spacial score (nSPS) is 13.7. The summed E-state index contributed by atoms with van der Waals surface area (Å²) in [5.41, 5.74) is 3.69. The molecule has 0 bridgehead atoms. The Bertz CT molecular complexity index is 1210. The summed E-state index contributed by atoms with van der Waals surface area (Å²) < 4.78 is 24.4. The van der Waals surface area contributed by atoms with Crippen LogP contribution in [0.3, 0.4) is 0 Å². The van der Waals surface area contributed by atoms with E-state index in [2.05, 4.69) is 10.2 Å². The molecule has 1 N–H and O–H groups in total. The SMILES string of the molecule is Cc1ccc(NC(=O)N(CCCN2CCOCC2)CC(=O)N(Cc2ccc(F)cc2)Cc2ccco2)cc1C. The number of amides is 3. The molecule has 1 aliphatic heterocycles. The van der Waals surface area contributed by atoms with Crippen molar-refractivity contribution >= 4 is 17.6 Å². The molecule has 2 heterocycles. The molecule has 2 aromatic carbocycles. The van der Waals surface area contributed by atoms with Gasteiger partial charge in [0.15, 0.2) is 0 Å². The molecule has 1 fully saturated rings. The van der Waals surface area contributed by atoms with Gasteiger partial charge < -0.3 is 24.3 Å². The predicted octanol–water partition coefficient (Wildman–Crippen LogP) is 4.82. The number of anilines is 1. The molecule has 1 saturated heterocycles. The molecule has 0 spiro atoms. The van der Waals surface area contributed by atoms with Crippen LogP contribution >= 0.6 is 0 Å². The van der Waals surface area contributed by atoms with Gasteiger partial charge in [-0.15, -0.1) is 0 Å². The first-order valence-corrected chi connectivity index (χ1v) is 13.4. The molecular weight excluding hydrogens is 499 g/mol. The molecule has 39 heavy (non-hydrogen) atoms. The number of morpholine rings is 1. The van der Waals surface area contributed by atoms with Gasteiger partial charge in [0.05, 0.1) is 26.0 Å². The number of hydrogen-bond acceptors (Lipinski definition) is 5. The highest BCUT2D eigenvalue weighted by Gasteiger charge is 2.23. The number of carbonyl (C=O) groups excluding carboxylic acids is 2. The van der Waals surface area contributed by atoms with Crippen LogP contribution in [0, 0.1) is 19.7 Å². The third kappa shape index (κ3) is 8.66. The highest BCUT2D eigenvalue weighted by molar-refractivity contribution is 5.92. The Balaban J connectivity index is 1.47. The first kappa shape index (κ1) is 28.3. The lowest BCUT2D eigenvalue weighted by atomic mass is 10.1. The number of rotatable bonds is 11.